The van der Waals surface area contributed by atoms with E-state index in [9.17, 15) is 4.79 Å². The number of rotatable bonds is 5. The van der Waals surface area contributed by atoms with E-state index in [0.29, 0.717) is 17.2 Å². The number of amides is 1. The summed E-state index contributed by atoms with van der Waals surface area (Å²) in [7, 11) is 0. The Kier molecular flexibility index (Phi) is 5.93. The van der Waals surface area contributed by atoms with Crippen molar-refractivity contribution in [1.29, 1.82) is 5.41 Å². The van der Waals surface area contributed by atoms with E-state index in [2.05, 4.69) is 6.92 Å². The Morgan fingerprint density at radius 3 is 2.65 bits per heavy atom. The van der Waals surface area contributed by atoms with Crippen LogP contribution in [0, 0.1) is 17.2 Å². The van der Waals surface area contributed by atoms with Gasteiger partial charge in [-0.3, -0.25) is 15.4 Å². The summed E-state index contributed by atoms with van der Waals surface area (Å²) >= 11 is 0. The van der Waals surface area contributed by atoms with E-state index in [1.807, 2.05) is 30.3 Å². The van der Waals surface area contributed by atoms with Gasteiger partial charge in [0.1, 0.15) is 0 Å². The van der Waals surface area contributed by atoms with Gasteiger partial charge in [-0.2, -0.15) is 0 Å². The van der Waals surface area contributed by atoms with Gasteiger partial charge in [-0.1, -0.05) is 50.1 Å². The Bertz CT molecular complexity index is 596. The fraction of sp³-hybridized carbons (Fsp3) is 0.444. The molecule has 124 valence electrons. The van der Waals surface area contributed by atoms with Crippen LogP contribution in [0.15, 0.2) is 41.6 Å². The molecule has 1 aromatic carbocycles. The van der Waals surface area contributed by atoms with Crippen LogP contribution >= 0.6 is 0 Å². The largest absolute Gasteiger partial charge is 0.402 e. The van der Waals surface area contributed by atoms with Crippen molar-refractivity contribution in [3.63, 3.8) is 0 Å². The van der Waals surface area contributed by atoms with Gasteiger partial charge in [-0.05, 0) is 30.2 Å². The van der Waals surface area contributed by atoms with E-state index >= 15 is 0 Å². The molecule has 0 saturated heterocycles. The summed E-state index contributed by atoms with van der Waals surface area (Å²) in [5.74, 6) is 0.253. The number of carbonyl (C=O) groups excluding carboxylic acids is 1. The molecule has 0 spiro atoms. The molecular formula is C18H25N3O2. The molecule has 0 aromatic heterocycles. The Labute approximate surface area is 137 Å². The first kappa shape index (κ1) is 17.2. The molecule has 0 radical (unpaired) electrons. The Morgan fingerprint density at radius 1 is 1.35 bits per heavy atom. The molecule has 1 aliphatic carbocycles. The number of hydrogen-bond donors (Lipinski definition) is 4. The van der Waals surface area contributed by atoms with Crippen LogP contribution in [0.5, 0.6) is 0 Å². The molecule has 23 heavy (non-hydrogen) atoms. The molecule has 1 saturated carbocycles. The van der Waals surface area contributed by atoms with Gasteiger partial charge in [-0.15, -0.1) is 0 Å². The van der Waals surface area contributed by atoms with Crippen LogP contribution in [-0.2, 0) is 4.79 Å². The zero-order chi connectivity index (χ0) is 16.8. The summed E-state index contributed by atoms with van der Waals surface area (Å²) in [5.41, 5.74) is 10.1. The van der Waals surface area contributed by atoms with Crippen LogP contribution < -0.4 is 11.2 Å². The molecule has 1 fully saturated rings. The van der Waals surface area contributed by atoms with Crippen LogP contribution in [-0.4, -0.2) is 16.8 Å². The standard InChI is InChI=1S/C18H25N3O2/c1-12-6-5-9-14(10-12)18(20)15(11-16(22)21-23)17(19)13-7-3-2-4-8-13/h2-4,7-8,12,14,19,23H,5-6,9-11,20H2,1H3,(H,21,22)/b18-15-,19-17?. The second-order valence-corrected chi connectivity index (χ2v) is 6.36. The Morgan fingerprint density at radius 2 is 2.04 bits per heavy atom. The topological polar surface area (TPSA) is 99.2 Å². The van der Waals surface area contributed by atoms with E-state index in [4.69, 9.17) is 16.4 Å². The number of nitrogens with two attached hydrogens (primary N) is 1. The van der Waals surface area contributed by atoms with Crippen molar-refractivity contribution in [2.75, 3.05) is 0 Å². The highest BCUT2D eigenvalue weighted by Gasteiger charge is 2.25. The van der Waals surface area contributed by atoms with Crippen LogP contribution in [0.1, 0.15) is 44.6 Å². The van der Waals surface area contributed by atoms with Gasteiger partial charge in [0.2, 0.25) is 5.91 Å². The number of allylic oxidation sites excluding steroid dienone is 1. The van der Waals surface area contributed by atoms with Crippen LogP contribution in [0.25, 0.3) is 0 Å². The van der Waals surface area contributed by atoms with E-state index in [-0.39, 0.29) is 18.1 Å². The monoisotopic (exact) mass is 315 g/mol. The average Bonchev–Trinajstić information content (AvgIpc) is 2.59. The van der Waals surface area contributed by atoms with Crippen molar-refractivity contribution >= 4 is 11.6 Å². The van der Waals surface area contributed by atoms with Crippen molar-refractivity contribution in [2.24, 2.45) is 17.6 Å². The van der Waals surface area contributed by atoms with Gasteiger partial charge in [0.25, 0.3) is 0 Å². The Balaban J connectivity index is 2.34. The molecule has 2 rings (SSSR count). The Hall–Kier alpha value is -2.14. The number of hydrogen-bond acceptors (Lipinski definition) is 4. The molecule has 2 unspecified atom stereocenters. The molecule has 5 N–H and O–H groups in total. The number of carbonyl (C=O) groups is 1. The van der Waals surface area contributed by atoms with Gasteiger partial charge in [0.05, 0.1) is 12.1 Å². The molecule has 1 aliphatic rings. The lowest BCUT2D eigenvalue weighted by Gasteiger charge is -2.29. The number of benzene rings is 1. The van der Waals surface area contributed by atoms with Gasteiger partial charge in [0, 0.05) is 11.3 Å². The fourth-order valence-electron chi connectivity index (χ4n) is 3.28. The van der Waals surface area contributed by atoms with Crippen LogP contribution in [0.2, 0.25) is 0 Å². The van der Waals surface area contributed by atoms with Crippen molar-refractivity contribution in [1.82, 2.24) is 5.48 Å². The van der Waals surface area contributed by atoms with Gasteiger partial charge < -0.3 is 5.73 Å². The van der Waals surface area contributed by atoms with Crippen molar-refractivity contribution in [3.05, 3.63) is 47.2 Å². The highest BCUT2D eigenvalue weighted by Crippen LogP contribution is 2.33. The summed E-state index contributed by atoms with van der Waals surface area (Å²) in [6.07, 6.45) is 4.21. The lowest BCUT2D eigenvalue weighted by molar-refractivity contribution is -0.128. The van der Waals surface area contributed by atoms with Gasteiger partial charge >= 0.3 is 0 Å². The maximum absolute atomic E-state index is 11.7. The normalized spacial score (nSPS) is 22.2. The van der Waals surface area contributed by atoms with E-state index < -0.39 is 5.91 Å². The lowest BCUT2D eigenvalue weighted by Crippen LogP contribution is -2.27. The molecule has 1 aromatic rings. The minimum atomic E-state index is -0.549. The van der Waals surface area contributed by atoms with E-state index in [1.165, 1.54) is 6.42 Å². The number of hydroxylamine groups is 1. The second kappa shape index (κ2) is 7.92. The molecular weight excluding hydrogens is 290 g/mol. The zero-order valence-corrected chi connectivity index (χ0v) is 13.5. The highest BCUT2D eigenvalue weighted by atomic mass is 16.5. The van der Waals surface area contributed by atoms with Gasteiger partial charge in [0.15, 0.2) is 0 Å². The third kappa shape index (κ3) is 4.42. The predicted molar refractivity (Wildman–Crippen MR) is 90.2 cm³/mol. The molecule has 0 aliphatic heterocycles. The maximum atomic E-state index is 11.7. The molecule has 0 bridgehead atoms. The summed E-state index contributed by atoms with van der Waals surface area (Å²) in [6, 6.07) is 9.25. The molecule has 1 amide bonds. The molecule has 5 heteroatoms. The predicted octanol–water partition coefficient (Wildman–Crippen LogP) is 2.99. The highest BCUT2D eigenvalue weighted by molar-refractivity contribution is 6.13. The quantitative estimate of drug-likeness (QED) is 0.382. The summed E-state index contributed by atoms with van der Waals surface area (Å²) in [4.78, 5) is 11.7. The van der Waals surface area contributed by atoms with Crippen molar-refractivity contribution in [2.45, 2.75) is 39.0 Å². The second-order valence-electron chi connectivity index (χ2n) is 6.36. The molecule has 2 atom stereocenters. The van der Waals surface area contributed by atoms with Gasteiger partial charge in [-0.25, -0.2) is 5.48 Å². The van der Waals surface area contributed by atoms with E-state index in [0.717, 1.165) is 24.8 Å². The van der Waals surface area contributed by atoms with Crippen LogP contribution in [0.3, 0.4) is 0 Å². The minimum absolute atomic E-state index is 0.0824. The SMILES string of the molecule is CC1CCCC(/C(N)=C(\CC(=O)NO)C(=N)c2ccccc2)C1. The fourth-order valence-corrected chi connectivity index (χ4v) is 3.28. The summed E-state index contributed by atoms with van der Waals surface area (Å²) in [5, 5.41) is 17.3. The maximum Gasteiger partial charge on any atom is 0.247 e. The zero-order valence-electron chi connectivity index (χ0n) is 13.5. The average molecular weight is 315 g/mol. The van der Waals surface area contributed by atoms with Crippen LogP contribution in [0.4, 0.5) is 0 Å². The molecule has 0 heterocycles. The lowest BCUT2D eigenvalue weighted by atomic mass is 9.78. The smallest absolute Gasteiger partial charge is 0.247 e. The summed E-state index contributed by atoms with van der Waals surface area (Å²) in [6.45, 7) is 2.21. The van der Waals surface area contributed by atoms with Crippen molar-refractivity contribution in [3.8, 4) is 0 Å². The minimum Gasteiger partial charge on any atom is -0.402 e. The van der Waals surface area contributed by atoms with Crippen molar-refractivity contribution < 1.29 is 10.0 Å². The third-order valence-electron chi connectivity index (χ3n) is 4.55. The molecule has 5 nitrogen and oxygen atoms in total. The third-order valence-corrected chi connectivity index (χ3v) is 4.55. The van der Waals surface area contributed by atoms with E-state index in [1.54, 1.807) is 5.48 Å². The first-order valence-electron chi connectivity index (χ1n) is 8.08. The first-order valence-corrected chi connectivity index (χ1v) is 8.08. The number of nitrogens with one attached hydrogen (secondary N) is 2. The summed E-state index contributed by atoms with van der Waals surface area (Å²) < 4.78 is 0. The first-order chi connectivity index (χ1) is 11.0.